The molecule has 0 saturated carbocycles. The highest BCUT2D eigenvalue weighted by Crippen LogP contribution is 2.54. The predicted molar refractivity (Wildman–Crippen MR) is 110 cm³/mol. The average Bonchev–Trinajstić information content (AvgIpc) is 3.18. The van der Waals surface area contributed by atoms with Crippen molar-refractivity contribution in [2.75, 3.05) is 7.11 Å². The number of aromatic nitrogens is 1. The van der Waals surface area contributed by atoms with Gasteiger partial charge in [-0.2, -0.15) is 0 Å². The highest BCUT2D eigenvalue weighted by Gasteiger charge is 2.55. The molecule has 1 N–H and O–H groups in total. The van der Waals surface area contributed by atoms with Crippen LogP contribution in [-0.4, -0.2) is 23.2 Å². The van der Waals surface area contributed by atoms with Gasteiger partial charge in [-0.1, -0.05) is 55.4 Å². The highest BCUT2D eigenvalue weighted by molar-refractivity contribution is 6.15. The SMILES string of the molecule is C=C(C)C(C)(C)C1(O)c2ccccc2C(=O)c2c1noc2-c1ccc(OC)cc1. The number of hydrogen-bond donors (Lipinski definition) is 1. The van der Waals surface area contributed by atoms with E-state index in [1.54, 1.807) is 55.6 Å². The van der Waals surface area contributed by atoms with Crippen molar-refractivity contribution in [2.24, 2.45) is 5.41 Å². The van der Waals surface area contributed by atoms with E-state index in [2.05, 4.69) is 11.7 Å². The second-order valence-electron chi connectivity index (χ2n) is 7.95. The molecule has 0 saturated heterocycles. The maximum atomic E-state index is 13.4. The first-order valence-electron chi connectivity index (χ1n) is 9.40. The zero-order chi connectivity index (χ0) is 21.0. The molecule has 1 aromatic heterocycles. The van der Waals surface area contributed by atoms with Gasteiger partial charge in [-0.05, 0) is 31.2 Å². The van der Waals surface area contributed by atoms with Gasteiger partial charge in [-0.3, -0.25) is 4.79 Å². The van der Waals surface area contributed by atoms with Crippen LogP contribution in [0.5, 0.6) is 5.75 Å². The van der Waals surface area contributed by atoms with E-state index in [1.165, 1.54) is 0 Å². The molecule has 1 heterocycles. The lowest BCUT2D eigenvalue weighted by molar-refractivity contribution is -0.0236. The first-order chi connectivity index (χ1) is 13.7. The summed E-state index contributed by atoms with van der Waals surface area (Å²) in [6.07, 6.45) is 0. The molecule has 0 bridgehead atoms. The fraction of sp³-hybridized carbons (Fsp3) is 0.250. The summed E-state index contributed by atoms with van der Waals surface area (Å²) in [7, 11) is 1.59. The van der Waals surface area contributed by atoms with Gasteiger partial charge in [-0.25, -0.2) is 0 Å². The molecule has 5 heteroatoms. The zero-order valence-corrected chi connectivity index (χ0v) is 16.9. The van der Waals surface area contributed by atoms with Crippen LogP contribution in [0.15, 0.2) is 65.2 Å². The number of methoxy groups -OCH3 is 1. The number of fused-ring (bicyclic) bond motifs is 2. The summed E-state index contributed by atoms with van der Waals surface area (Å²) < 4.78 is 10.9. The Morgan fingerprint density at radius 3 is 2.45 bits per heavy atom. The molecule has 29 heavy (non-hydrogen) atoms. The van der Waals surface area contributed by atoms with Crippen molar-refractivity contribution >= 4 is 5.78 Å². The monoisotopic (exact) mass is 389 g/mol. The summed E-state index contributed by atoms with van der Waals surface area (Å²) in [5.74, 6) is 0.807. The fourth-order valence-corrected chi connectivity index (χ4v) is 3.89. The molecule has 0 amide bonds. The minimum atomic E-state index is -1.56. The molecular weight excluding hydrogens is 366 g/mol. The summed E-state index contributed by atoms with van der Waals surface area (Å²) in [5.41, 5.74) is 0.548. The van der Waals surface area contributed by atoms with E-state index in [9.17, 15) is 9.90 Å². The zero-order valence-electron chi connectivity index (χ0n) is 16.9. The minimum Gasteiger partial charge on any atom is -0.497 e. The topological polar surface area (TPSA) is 72.6 Å². The molecule has 0 radical (unpaired) electrons. The van der Waals surface area contributed by atoms with Gasteiger partial charge >= 0.3 is 0 Å². The first kappa shape index (κ1) is 19.2. The number of carbonyl (C=O) groups is 1. The van der Waals surface area contributed by atoms with Gasteiger partial charge in [-0.15, -0.1) is 0 Å². The van der Waals surface area contributed by atoms with E-state index in [0.29, 0.717) is 28.2 Å². The smallest absolute Gasteiger partial charge is 0.199 e. The molecule has 2 aromatic carbocycles. The molecule has 0 fully saturated rings. The quantitative estimate of drug-likeness (QED) is 0.653. The fourth-order valence-electron chi connectivity index (χ4n) is 3.89. The Balaban J connectivity index is 2.02. The van der Waals surface area contributed by atoms with Crippen molar-refractivity contribution in [1.82, 2.24) is 5.16 Å². The predicted octanol–water partition coefficient (Wildman–Crippen LogP) is 4.73. The molecule has 1 unspecified atom stereocenters. The molecule has 1 aliphatic rings. The Hall–Kier alpha value is -3.18. The molecule has 1 atom stereocenters. The van der Waals surface area contributed by atoms with E-state index in [1.807, 2.05) is 20.8 Å². The van der Waals surface area contributed by atoms with Crippen LogP contribution in [0.3, 0.4) is 0 Å². The van der Waals surface area contributed by atoms with E-state index in [-0.39, 0.29) is 17.0 Å². The standard InChI is InChI=1S/C24H23NO4/c1-14(2)23(3,4)24(27)18-9-7-6-8-17(18)20(26)19-21(29-25-22(19)24)15-10-12-16(28-5)13-11-15/h6-13,27H,1H2,2-5H3. The molecular formula is C24H23NO4. The van der Waals surface area contributed by atoms with E-state index < -0.39 is 11.0 Å². The van der Waals surface area contributed by atoms with Crippen molar-refractivity contribution in [3.8, 4) is 17.1 Å². The third-order valence-electron chi connectivity index (χ3n) is 6.15. The minimum absolute atomic E-state index is 0.218. The van der Waals surface area contributed by atoms with Crippen LogP contribution in [0.4, 0.5) is 0 Å². The van der Waals surface area contributed by atoms with Crippen molar-refractivity contribution in [2.45, 2.75) is 26.4 Å². The average molecular weight is 389 g/mol. The number of rotatable bonds is 4. The Labute approximate surface area is 169 Å². The van der Waals surface area contributed by atoms with Gasteiger partial charge in [0, 0.05) is 22.1 Å². The Kier molecular flexibility index (Phi) is 4.24. The Bertz CT molecular complexity index is 1120. The van der Waals surface area contributed by atoms with Gasteiger partial charge in [0.1, 0.15) is 17.0 Å². The van der Waals surface area contributed by atoms with Crippen molar-refractivity contribution in [1.29, 1.82) is 0 Å². The number of hydrogen-bond acceptors (Lipinski definition) is 5. The van der Waals surface area contributed by atoms with Gasteiger partial charge in [0.25, 0.3) is 0 Å². The van der Waals surface area contributed by atoms with Gasteiger partial charge in [0.05, 0.1) is 12.7 Å². The molecule has 3 aromatic rings. The summed E-state index contributed by atoms with van der Waals surface area (Å²) >= 11 is 0. The van der Waals surface area contributed by atoms with Crippen LogP contribution in [0.2, 0.25) is 0 Å². The highest BCUT2D eigenvalue weighted by atomic mass is 16.5. The molecule has 0 spiro atoms. The third-order valence-corrected chi connectivity index (χ3v) is 6.15. The number of ether oxygens (including phenoxy) is 1. The number of carbonyl (C=O) groups excluding carboxylic acids is 1. The maximum absolute atomic E-state index is 13.4. The van der Waals surface area contributed by atoms with Gasteiger partial charge in [0.15, 0.2) is 11.5 Å². The van der Waals surface area contributed by atoms with E-state index in [4.69, 9.17) is 9.26 Å². The first-order valence-corrected chi connectivity index (χ1v) is 9.40. The lowest BCUT2D eigenvalue weighted by atomic mass is 9.61. The second kappa shape index (κ2) is 6.42. The normalized spacial score (nSPS) is 18.2. The molecule has 148 valence electrons. The molecule has 0 aliphatic heterocycles. The van der Waals surface area contributed by atoms with Crippen LogP contribution in [-0.2, 0) is 5.60 Å². The second-order valence-corrected chi connectivity index (χ2v) is 7.95. The number of benzene rings is 2. The Morgan fingerprint density at radius 2 is 1.83 bits per heavy atom. The van der Waals surface area contributed by atoms with Crippen molar-refractivity contribution in [3.05, 3.63) is 83.1 Å². The van der Waals surface area contributed by atoms with Crippen LogP contribution in [0.25, 0.3) is 11.3 Å². The summed E-state index contributed by atoms with van der Waals surface area (Å²) in [6, 6.07) is 14.3. The van der Waals surface area contributed by atoms with Crippen LogP contribution in [0.1, 0.15) is 48.0 Å². The number of aliphatic hydroxyl groups is 1. The lowest BCUT2D eigenvalue weighted by Gasteiger charge is -2.45. The lowest BCUT2D eigenvalue weighted by Crippen LogP contribution is -2.48. The molecule has 5 nitrogen and oxygen atoms in total. The van der Waals surface area contributed by atoms with E-state index in [0.717, 1.165) is 5.57 Å². The third kappa shape index (κ3) is 2.51. The van der Waals surface area contributed by atoms with Gasteiger partial charge < -0.3 is 14.4 Å². The molecule has 4 rings (SSSR count). The summed E-state index contributed by atoms with van der Waals surface area (Å²) in [6.45, 7) is 9.73. The largest absolute Gasteiger partial charge is 0.497 e. The summed E-state index contributed by atoms with van der Waals surface area (Å²) in [4.78, 5) is 13.4. The van der Waals surface area contributed by atoms with Crippen LogP contribution in [0, 0.1) is 5.41 Å². The van der Waals surface area contributed by atoms with Gasteiger partial charge in [0.2, 0.25) is 0 Å². The summed E-state index contributed by atoms with van der Waals surface area (Å²) in [5, 5.41) is 16.3. The van der Waals surface area contributed by atoms with Crippen LogP contribution < -0.4 is 4.74 Å². The van der Waals surface area contributed by atoms with Crippen LogP contribution >= 0.6 is 0 Å². The van der Waals surface area contributed by atoms with E-state index >= 15 is 0 Å². The number of nitrogens with zero attached hydrogens (tertiary/aromatic N) is 1. The number of ketones is 1. The van der Waals surface area contributed by atoms with Crippen molar-refractivity contribution in [3.63, 3.8) is 0 Å². The Morgan fingerprint density at radius 1 is 1.17 bits per heavy atom. The van der Waals surface area contributed by atoms with Crippen molar-refractivity contribution < 1.29 is 19.2 Å². The maximum Gasteiger partial charge on any atom is 0.199 e. The molecule has 1 aliphatic carbocycles.